The van der Waals surface area contributed by atoms with Gasteiger partial charge in [0.1, 0.15) is 0 Å². The zero-order valence-electron chi connectivity index (χ0n) is 12.0. The minimum Gasteiger partial charge on any atom is -0.355 e. The van der Waals surface area contributed by atoms with E-state index in [9.17, 15) is 4.79 Å². The number of unbranched alkanes of at least 4 members (excludes halogenated alkanes) is 1. The van der Waals surface area contributed by atoms with Gasteiger partial charge in [-0.3, -0.25) is 4.79 Å². The van der Waals surface area contributed by atoms with E-state index in [1.54, 1.807) is 0 Å². The molecule has 3 heteroatoms. The van der Waals surface area contributed by atoms with Gasteiger partial charge in [-0.15, -0.1) is 0 Å². The fraction of sp³-hybridized carbons (Fsp3) is 0.929. The molecule has 1 amide bonds. The highest BCUT2D eigenvalue weighted by molar-refractivity contribution is 5.82. The normalized spacial score (nSPS) is 16.3. The molecule has 0 saturated heterocycles. The zero-order chi connectivity index (χ0) is 13.3. The first-order valence-corrected chi connectivity index (χ1v) is 7.02. The standard InChI is InChI=1S/C14H30N2O/c1-5-8-9-12(6-2)10-16-13(17)14(4,7-3)11-15/h12H,5-11,15H2,1-4H3,(H,16,17). The smallest absolute Gasteiger partial charge is 0.227 e. The van der Waals surface area contributed by atoms with E-state index in [0.717, 1.165) is 19.4 Å². The Balaban J connectivity index is 4.11. The van der Waals surface area contributed by atoms with E-state index in [1.807, 2.05) is 13.8 Å². The van der Waals surface area contributed by atoms with Crippen molar-refractivity contribution in [1.82, 2.24) is 5.32 Å². The number of nitrogens with one attached hydrogen (secondary N) is 1. The zero-order valence-corrected chi connectivity index (χ0v) is 12.0. The van der Waals surface area contributed by atoms with Crippen molar-refractivity contribution in [1.29, 1.82) is 0 Å². The Kier molecular flexibility index (Phi) is 8.23. The number of hydrogen-bond donors (Lipinski definition) is 2. The molecule has 102 valence electrons. The third kappa shape index (κ3) is 5.53. The van der Waals surface area contributed by atoms with Crippen molar-refractivity contribution in [3.8, 4) is 0 Å². The summed E-state index contributed by atoms with van der Waals surface area (Å²) in [5.74, 6) is 0.718. The second-order valence-electron chi connectivity index (χ2n) is 5.24. The molecule has 3 N–H and O–H groups in total. The van der Waals surface area contributed by atoms with Crippen molar-refractivity contribution in [2.75, 3.05) is 13.1 Å². The van der Waals surface area contributed by atoms with Crippen LogP contribution < -0.4 is 11.1 Å². The van der Waals surface area contributed by atoms with E-state index < -0.39 is 5.41 Å². The van der Waals surface area contributed by atoms with Crippen LogP contribution in [0.1, 0.15) is 59.8 Å². The maximum atomic E-state index is 12.0. The Morgan fingerprint density at radius 2 is 2.00 bits per heavy atom. The van der Waals surface area contributed by atoms with Crippen LogP contribution in [0.2, 0.25) is 0 Å². The van der Waals surface area contributed by atoms with Gasteiger partial charge in [-0.1, -0.05) is 40.0 Å². The summed E-state index contributed by atoms with van der Waals surface area (Å²) in [5, 5.41) is 3.07. The van der Waals surface area contributed by atoms with Crippen molar-refractivity contribution in [3.63, 3.8) is 0 Å². The predicted octanol–water partition coefficient (Wildman–Crippen LogP) is 2.69. The van der Waals surface area contributed by atoms with E-state index in [2.05, 4.69) is 19.2 Å². The Hall–Kier alpha value is -0.570. The lowest BCUT2D eigenvalue weighted by Crippen LogP contribution is -2.44. The van der Waals surface area contributed by atoms with Crippen LogP contribution in [-0.4, -0.2) is 19.0 Å². The first-order valence-electron chi connectivity index (χ1n) is 7.02. The molecule has 17 heavy (non-hydrogen) atoms. The molecule has 0 aliphatic heterocycles. The van der Waals surface area contributed by atoms with Gasteiger partial charge >= 0.3 is 0 Å². The molecule has 0 bridgehead atoms. The quantitative estimate of drug-likeness (QED) is 0.653. The number of carbonyl (C=O) groups excluding carboxylic acids is 1. The van der Waals surface area contributed by atoms with Crippen LogP contribution in [0.3, 0.4) is 0 Å². The third-order valence-electron chi connectivity index (χ3n) is 3.87. The van der Waals surface area contributed by atoms with Gasteiger partial charge in [-0.05, 0) is 25.7 Å². The summed E-state index contributed by atoms with van der Waals surface area (Å²) >= 11 is 0. The van der Waals surface area contributed by atoms with Crippen molar-refractivity contribution >= 4 is 5.91 Å². The van der Waals surface area contributed by atoms with E-state index in [1.165, 1.54) is 19.3 Å². The molecule has 0 aromatic rings. The van der Waals surface area contributed by atoms with Crippen LogP contribution in [0.15, 0.2) is 0 Å². The Morgan fingerprint density at radius 1 is 1.35 bits per heavy atom. The molecule has 0 aromatic heterocycles. The summed E-state index contributed by atoms with van der Waals surface area (Å²) < 4.78 is 0. The molecule has 2 unspecified atom stereocenters. The van der Waals surface area contributed by atoms with Gasteiger partial charge in [0.05, 0.1) is 5.41 Å². The lowest BCUT2D eigenvalue weighted by atomic mass is 9.86. The van der Waals surface area contributed by atoms with Crippen LogP contribution in [0.5, 0.6) is 0 Å². The highest BCUT2D eigenvalue weighted by Gasteiger charge is 2.29. The highest BCUT2D eigenvalue weighted by Crippen LogP contribution is 2.19. The molecule has 0 aromatic carbocycles. The summed E-state index contributed by atoms with van der Waals surface area (Å²) in [6.45, 7) is 9.56. The topological polar surface area (TPSA) is 55.1 Å². The molecule has 0 saturated carbocycles. The molecule has 0 spiro atoms. The molecule has 2 atom stereocenters. The van der Waals surface area contributed by atoms with Crippen molar-refractivity contribution in [2.45, 2.75) is 59.8 Å². The highest BCUT2D eigenvalue weighted by atomic mass is 16.2. The average Bonchev–Trinajstić information content (AvgIpc) is 2.37. The fourth-order valence-corrected chi connectivity index (χ4v) is 1.79. The molecule has 0 aliphatic carbocycles. The number of rotatable bonds is 9. The van der Waals surface area contributed by atoms with E-state index >= 15 is 0 Å². The monoisotopic (exact) mass is 242 g/mol. The minimum absolute atomic E-state index is 0.109. The summed E-state index contributed by atoms with van der Waals surface area (Å²) in [7, 11) is 0. The maximum absolute atomic E-state index is 12.0. The van der Waals surface area contributed by atoms with E-state index in [4.69, 9.17) is 5.73 Å². The molecule has 0 fully saturated rings. The van der Waals surface area contributed by atoms with Crippen LogP contribution >= 0.6 is 0 Å². The van der Waals surface area contributed by atoms with Crippen LogP contribution in [0, 0.1) is 11.3 Å². The fourth-order valence-electron chi connectivity index (χ4n) is 1.79. The summed E-state index contributed by atoms with van der Waals surface area (Å²) in [6, 6.07) is 0. The lowest BCUT2D eigenvalue weighted by molar-refractivity contribution is -0.130. The molecule has 0 rings (SSSR count). The largest absolute Gasteiger partial charge is 0.355 e. The maximum Gasteiger partial charge on any atom is 0.227 e. The average molecular weight is 242 g/mol. The second-order valence-corrected chi connectivity index (χ2v) is 5.24. The molecular weight excluding hydrogens is 212 g/mol. The van der Waals surface area contributed by atoms with Crippen LogP contribution in [0.4, 0.5) is 0 Å². The van der Waals surface area contributed by atoms with Crippen molar-refractivity contribution < 1.29 is 4.79 Å². The van der Waals surface area contributed by atoms with Gasteiger partial charge in [0.25, 0.3) is 0 Å². The Labute approximate surface area is 107 Å². The Bertz CT molecular complexity index is 212. The Morgan fingerprint density at radius 3 is 2.41 bits per heavy atom. The second kappa shape index (κ2) is 8.51. The van der Waals surface area contributed by atoms with Crippen LogP contribution in [-0.2, 0) is 4.79 Å². The lowest BCUT2D eigenvalue weighted by Gasteiger charge is -2.26. The summed E-state index contributed by atoms with van der Waals surface area (Å²) in [4.78, 5) is 12.0. The van der Waals surface area contributed by atoms with E-state index in [0.29, 0.717) is 12.5 Å². The molecule has 0 aliphatic rings. The van der Waals surface area contributed by atoms with Gasteiger partial charge in [0.2, 0.25) is 5.91 Å². The third-order valence-corrected chi connectivity index (χ3v) is 3.87. The van der Waals surface area contributed by atoms with E-state index in [-0.39, 0.29) is 5.91 Å². The van der Waals surface area contributed by atoms with Crippen molar-refractivity contribution in [3.05, 3.63) is 0 Å². The summed E-state index contributed by atoms with van der Waals surface area (Å²) in [6.07, 6.45) is 5.60. The van der Waals surface area contributed by atoms with Gasteiger partial charge in [-0.2, -0.15) is 0 Å². The van der Waals surface area contributed by atoms with Crippen LogP contribution in [0.25, 0.3) is 0 Å². The summed E-state index contributed by atoms with van der Waals surface area (Å²) in [5.41, 5.74) is 5.28. The number of carbonyl (C=O) groups is 1. The van der Waals surface area contributed by atoms with Gasteiger partial charge in [0.15, 0.2) is 0 Å². The molecule has 0 heterocycles. The van der Waals surface area contributed by atoms with Gasteiger partial charge in [-0.25, -0.2) is 0 Å². The van der Waals surface area contributed by atoms with Crippen molar-refractivity contribution in [2.24, 2.45) is 17.1 Å². The number of amides is 1. The minimum atomic E-state index is -0.400. The first kappa shape index (κ1) is 16.4. The number of hydrogen-bond acceptors (Lipinski definition) is 2. The molecular formula is C14H30N2O. The number of nitrogens with two attached hydrogens (primary N) is 1. The molecule has 0 radical (unpaired) electrons. The first-order chi connectivity index (χ1) is 8.03. The predicted molar refractivity (Wildman–Crippen MR) is 73.8 cm³/mol. The van der Waals surface area contributed by atoms with Gasteiger partial charge in [0, 0.05) is 13.1 Å². The molecule has 3 nitrogen and oxygen atoms in total. The SMILES string of the molecule is CCCCC(CC)CNC(=O)C(C)(CC)CN. The van der Waals surface area contributed by atoms with Gasteiger partial charge < -0.3 is 11.1 Å².